The van der Waals surface area contributed by atoms with Crippen molar-refractivity contribution in [1.82, 2.24) is 14.3 Å². The van der Waals surface area contributed by atoms with Crippen molar-refractivity contribution in [3.8, 4) is 0 Å². The molecular weight excluding hydrogens is 337 g/mol. The Kier molecular flexibility index (Phi) is 4.53. The van der Waals surface area contributed by atoms with Crippen LogP contribution in [-0.4, -0.2) is 32.8 Å². The highest BCUT2D eigenvalue weighted by atomic mass is 32.1. The number of rotatable bonds is 4. The van der Waals surface area contributed by atoms with E-state index in [-0.39, 0.29) is 17.6 Å². The van der Waals surface area contributed by atoms with Crippen molar-refractivity contribution in [2.45, 2.75) is 38.1 Å². The summed E-state index contributed by atoms with van der Waals surface area (Å²) in [6.45, 7) is 0.682. The zero-order valence-corrected chi connectivity index (χ0v) is 14.7. The van der Waals surface area contributed by atoms with Crippen molar-refractivity contribution in [1.29, 1.82) is 0 Å². The van der Waals surface area contributed by atoms with Gasteiger partial charge in [0.15, 0.2) is 5.69 Å². The van der Waals surface area contributed by atoms with Gasteiger partial charge in [-0.15, -0.1) is 11.3 Å². The Morgan fingerprint density at radius 2 is 2.20 bits per heavy atom. The largest absolute Gasteiger partial charge is 0.334 e. The second kappa shape index (κ2) is 6.96. The third-order valence-electron chi connectivity index (χ3n) is 4.87. The summed E-state index contributed by atoms with van der Waals surface area (Å²) in [4.78, 5) is 20.4. The van der Waals surface area contributed by atoms with E-state index >= 15 is 0 Å². The molecule has 3 aromatic rings. The lowest BCUT2D eigenvalue weighted by Crippen LogP contribution is -2.44. The summed E-state index contributed by atoms with van der Waals surface area (Å²) in [5.74, 6) is -0.847. The molecule has 1 saturated heterocycles. The molecule has 1 aliphatic rings. The third kappa shape index (κ3) is 3.18. The normalized spacial score (nSPS) is 18.0. The second-order valence-corrected chi connectivity index (χ2v) is 7.48. The number of imidazole rings is 1. The van der Waals surface area contributed by atoms with Crippen LogP contribution in [0, 0.1) is 5.95 Å². The number of thiophene rings is 1. The molecule has 4 heterocycles. The molecule has 0 N–H and O–H groups in total. The fraction of sp³-hybridized carbons (Fsp3) is 0.368. The molecule has 1 unspecified atom stereocenters. The van der Waals surface area contributed by atoms with Gasteiger partial charge in [0.1, 0.15) is 5.65 Å². The molecule has 25 heavy (non-hydrogen) atoms. The fourth-order valence-electron chi connectivity index (χ4n) is 3.57. The van der Waals surface area contributed by atoms with Crippen LogP contribution in [0.25, 0.3) is 5.65 Å². The van der Waals surface area contributed by atoms with E-state index in [4.69, 9.17) is 0 Å². The first-order valence-corrected chi connectivity index (χ1v) is 9.58. The number of carbonyl (C=O) groups excluding carboxylic acids is 1. The van der Waals surface area contributed by atoms with Gasteiger partial charge in [-0.2, -0.15) is 4.39 Å². The number of fused-ring (bicyclic) bond motifs is 1. The topological polar surface area (TPSA) is 37.6 Å². The van der Waals surface area contributed by atoms with Crippen molar-refractivity contribution in [3.63, 3.8) is 0 Å². The molecule has 0 radical (unpaired) electrons. The predicted octanol–water partition coefficient (Wildman–Crippen LogP) is 4.16. The summed E-state index contributed by atoms with van der Waals surface area (Å²) in [7, 11) is 0. The van der Waals surface area contributed by atoms with E-state index in [9.17, 15) is 9.18 Å². The van der Waals surface area contributed by atoms with Gasteiger partial charge in [-0.05, 0) is 55.7 Å². The van der Waals surface area contributed by atoms with Crippen molar-refractivity contribution < 1.29 is 9.18 Å². The van der Waals surface area contributed by atoms with E-state index in [1.165, 1.54) is 9.28 Å². The minimum absolute atomic E-state index is 0.0609. The highest BCUT2D eigenvalue weighted by Gasteiger charge is 2.31. The van der Waals surface area contributed by atoms with Crippen LogP contribution in [0.2, 0.25) is 0 Å². The van der Waals surface area contributed by atoms with Crippen LogP contribution in [0.3, 0.4) is 0 Å². The minimum atomic E-state index is -0.566. The Balaban J connectivity index is 1.56. The quantitative estimate of drug-likeness (QED) is 0.703. The fourth-order valence-corrected chi connectivity index (χ4v) is 4.29. The third-order valence-corrected chi connectivity index (χ3v) is 5.80. The van der Waals surface area contributed by atoms with Crippen LogP contribution in [0.4, 0.5) is 4.39 Å². The average Bonchev–Trinajstić information content (AvgIpc) is 3.28. The molecule has 4 nitrogen and oxygen atoms in total. The molecule has 1 aliphatic heterocycles. The van der Waals surface area contributed by atoms with Gasteiger partial charge in [0.05, 0.1) is 0 Å². The van der Waals surface area contributed by atoms with Crippen LogP contribution in [0.15, 0.2) is 41.9 Å². The molecule has 3 aromatic heterocycles. The summed E-state index contributed by atoms with van der Waals surface area (Å²) in [5.41, 5.74) is 0.407. The second-order valence-electron chi connectivity index (χ2n) is 6.45. The molecular formula is C19H20FN3OS. The molecule has 0 bridgehead atoms. The number of halogens is 1. The zero-order valence-electron chi connectivity index (χ0n) is 13.9. The summed E-state index contributed by atoms with van der Waals surface area (Å²) < 4.78 is 16.0. The van der Waals surface area contributed by atoms with Crippen LogP contribution in [0.1, 0.15) is 41.0 Å². The van der Waals surface area contributed by atoms with E-state index in [0.717, 1.165) is 32.1 Å². The number of aromatic nitrogens is 2. The van der Waals surface area contributed by atoms with E-state index in [0.29, 0.717) is 12.2 Å². The van der Waals surface area contributed by atoms with E-state index in [2.05, 4.69) is 22.5 Å². The number of amides is 1. The van der Waals surface area contributed by atoms with Crippen LogP contribution < -0.4 is 0 Å². The summed E-state index contributed by atoms with van der Waals surface area (Å²) >= 11 is 1.74. The minimum Gasteiger partial charge on any atom is -0.334 e. The number of carbonyl (C=O) groups is 1. The van der Waals surface area contributed by atoms with Gasteiger partial charge >= 0.3 is 0 Å². The van der Waals surface area contributed by atoms with E-state index in [1.807, 2.05) is 4.90 Å². The molecule has 6 heteroatoms. The molecule has 0 aromatic carbocycles. The van der Waals surface area contributed by atoms with Crippen LogP contribution in [0.5, 0.6) is 0 Å². The molecule has 130 valence electrons. The summed E-state index contributed by atoms with van der Waals surface area (Å²) in [6.07, 6.45) is 6.54. The monoisotopic (exact) mass is 357 g/mol. The first kappa shape index (κ1) is 16.3. The van der Waals surface area contributed by atoms with E-state index in [1.54, 1.807) is 35.7 Å². The standard InChI is InChI=1S/C19H20FN3OS/c20-18-17(21-16-8-2-4-12-23(16)18)19(24)22-11-3-1-6-14(22)9-10-15-7-5-13-25-15/h2,4-5,7-8,12-14H,1,3,6,9-11H2. The Labute approximate surface area is 149 Å². The Hall–Kier alpha value is -2.21. The van der Waals surface area contributed by atoms with Crippen molar-refractivity contribution in [2.75, 3.05) is 6.54 Å². The Bertz CT molecular complexity index is 874. The molecule has 1 fully saturated rings. The van der Waals surface area contributed by atoms with Crippen molar-refractivity contribution >= 4 is 22.9 Å². The van der Waals surface area contributed by atoms with E-state index < -0.39 is 5.95 Å². The Morgan fingerprint density at radius 3 is 3.00 bits per heavy atom. The van der Waals surface area contributed by atoms with Gasteiger partial charge < -0.3 is 4.90 Å². The lowest BCUT2D eigenvalue weighted by molar-refractivity contribution is 0.0591. The molecule has 4 rings (SSSR count). The van der Waals surface area contributed by atoms with Crippen molar-refractivity contribution in [2.24, 2.45) is 0 Å². The van der Waals surface area contributed by atoms with Crippen LogP contribution >= 0.6 is 11.3 Å². The van der Waals surface area contributed by atoms with Gasteiger partial charge in [-0.1, -0.05) is 12.1 Å². The van der Waals surface area contributed by atoms with Crippen LogP contribution in [-0.2, 0) is 6.42 Å². The van der Waals surface area contributed by atoms with Gasteiger partial charge in [-0.25, -0.2) is 4.98 Å². The van der Waals surface area contributed by atoms with Gasteiger partial charge in [0, 0.05) is 23.7 Å². The highest BCUT2D eigenvalue weighted by molar-refractivity contribution is 7.09. The lowest BCUT2D eigenvalue weighted by Gasteiger charge is -2.35. The maximum atomic E-state index is 14.6. The highest BCUT2D eigenvalue weighted by Crippen LogP contribution is 2.25. The van der Waals surface area contributed by atoms with Crippen molar-refractivity contribution in [3.05, 3.63) is 58.4 Å². The first-order valence-electron chi connectivity index (χ1n) is 8.70. The van der Waals surface area contributed by atoms with Gasteiger partial charge in [0.2, 0.25) is 5.95 Å². The lowest BCUT2D eigenvalue weighted by atomic mass is 9.97. The number of hydrogen-bond acceptors (Lipinski definition) is 3. The number of hydrogen-bond donors (Lipinski definition) is 0. The SMILES string of the molecule is O=C(c1nc2ccccn2c1F)N1CCCCC1CCc1cccs1. The predicted molar refractivity (Wildman–Crippen MR) is 96.5 cm³/mol. The zero-order chi connectivity index (χ0) is 17.2. The van der Waals surface area contributed by atoms with Gasteiger partial charge in [-0.3, -0.25) is 9.20 Å². The summed E-state index contributed by atoms with van der Waals surface area (Å²) in [6, 6.07) is 9.58. The maximum absolute atomic E-state index is 14.6. The number of nitrogens with zero attached hydrogens (tertiary/aromatic N) is 3. The molecule has 0 saturated carbocycles. The molecule has 0 spiro atoms. The average molecular weight is 357 g/mol. The number of likely N-dealkylation sites (tertiary alicyclic amines) is 1. The van der Waals surface area contributed by atoms with Gasteiger partial charge in [0.25, 0.3) is 5.91 Å². The Morgan fingerprint density at radius 1 is 1.28 bits per heavy atom. The maximum Gasteiger partial charge on any atom is 0.277 e. The smallest absolute Gasteiger partial charge is 0.277 e. The number of piperidine rings is 1. The molecule has 1 atom stereocenters. The molecule has 1 amide bonds. The number of pyridine rings is 1. The molecule has 0 aliphatic carbocycles. The number of aryl methyl sites for hydroxylation is 1. The first-order chi connectivity index (χ1) is 12.2. The summed E-state index contributed by atoms with van der Waals surface area (Å²) in [5, 5.41) is 2.07.